The summed E-state index contributed by atoms with van der Waals surface area (Å²) in [7, 11) is 0. The molecule has 0 spiro atoms. The van der Waals surface area contributed by atoms with Crippen LogP contribution in [0.3, 0.4) is 0 Å². The Morgan fingerprint density at radius 1 is 1.38 bits per heavy atom. The first-order chi connectivity index (χ1) is 7.49. The number of carboxylic acids is 1. The highest BCUT2D eigenvalue weighted by Gasteiger charge is 2.15. The van der Waals surface area contributed by atoms with Crippen LogP contribution in [0.15, 0.2) is 24.3 Å². The average molecular weight is 223 g/mol. The number of aliphatic carboxylic acids is 1. The van der Waals surface area contributed by atoms with E-state index in [0.29, 0.717) is 12.8 Å². The predicted octanol–water partition coefficient (Wildman–Crippen LogP) is 1.37. The smallest absolute Gasteiger partial charge is 0.306 e. The van der Waals surface area contributed by atoms with Crippen molar-refractivity contribution >= 4 is 5.97 Å². The zero-order chi connectivity index (χ0) is 12.1. The molecule has 0 radical (unpaired) electrons. The minimum absolute atomic E-state index is 0.171. The van der Waals surface area contributed by atoms with Crippen molar-refractivity contribution in [1.82, 2.24) is 0 Å². The second kappa shape index (κ2) is 5.51. The van der Waals surface area contributed by atoms with E-state index in [9.17, 15) is 4.79 Å². The topological polar surface area (TPSA) is 83.5 Å². The third kappa shape index (κ3) is 3.90. The van der Waals surface area contributed by atoms with Gasteiger partial charge in [-0.3, -0.25) is 4.79 Å². The molecule has 1 unspecified atom stereocenters. The summed E-state index contributed by atoms with van der Waals surface area (Å²) in [6.45, 7) is 1.65. The summed E-state index contributed by atoms with van der Waals surface area (Å²) in [5.41, 5.74) is 6.86. The summed E-state index contributed by atoms with van der Waals surface area (Å²) in [5.74, 6) is -1.02. The van der Waals surface area contributed by atoms with Crippen LogP contribution in [0.1, 0.15) is 18.9 Å². The van der Waals surface area contributed by atoms with E-state index in [1.807, 2.05) is 0 Å². The van der Waals surface area contributed by atoms with Crippen LogP contribution in [0.25, 0.3) is 0 Å². The Balaban J connectivity index is 2.48. The van der Waals surface area contributed by atoms with E-state index >= 15 is 0 Å². The molecule has 0 saturated heterocycles. The lowest BCUT2D eigenvalue weighted by molar-refractivity contribution is -0.141. The maximum absolute atomic E-state index is 10.6. The number of nitrogens with two attached hydrogens (primary N) is 1. The summed E-state index contributed by atoms with van der Waals surface area (Å²) in [4.78, 5) is 10.6. The van der Waals surface area contributed by atoms with Crippen LogP contribution in [0.2, 0.25) is 0 Å². The van der Waals surface area contributed by atoms with E-state index in [0.717, 1.165) is 5.56 Å². The molecule has 4 N–H and O–H groups in total. The fourth-order valence-corrected chi connectivity index (χ4v) is 1.57. The number of phenols is 1. The second-order valence-corrected chi connectivity index (χ2v) is 4.11. The molecule has 0 aliphatic heterocycles. The van der Waals surface area contributed by atoms with Gasteiger partial charge in [-0.05, 0) is 30.5 Å². The fourth-order valence-electron chi connectivity index (χ4n) is 1.57. The van der Waals surface area contributed by atoms with E-state index < -0.39 is 11.9 Å². The average Bonchev–Trinajstić information content (AvgIpc) is 2.21. The molecule has 0 aliphatic carbocycles. The van der Waals surface area contributed by atoms with Gasteiger partial charge in [0.1, 0.15) is 5.75 Å². The highest BCUT2D eigenvalue weighted by atomic mass is 16.4. The number of hydrogen-bond acceptors (Lipinski definition) is 3. The quantitative estimate of drug-likeness (QED) is 0.704. The van der Waals surface area contributed by atoms with Gasteiger partial charge < -0.3 is 15.9 Å². The zero-order valence-electron chi connectivity index (χ0n) is 9.26. The molecule has 0 heterocycles. The number of phenolic OH excluding ortho intramolecular Hbond substituents is 1. The summed E-state index contributed by atoms with van der Waals surface area (Å²) in [5, 5.41) is 17.8. The van der Waals surface area contributed by atoms with E-state index in [4.69, 9.17) is 15.9 Å². The van der Waals surface area contributed by atoms with E-state index in [1.165, 1.54) is 0 Å². The Morgan fingerprint density at radius 3 is 2.44 bits per heavy atom. The highest BCUT2D eigenvalue weighted by molar-refractivity contribution is 5.69. The summed E-state index contributed by atoms with van der Waals surface area (Å²) < 4.78 is 0. The lowest BCUT2D eigenvalue weighted by Crippen LogP contribution is -2.28. The van der Waals surface area contributed by atoms with Crippen molar-refractivity contribution in [2.45, 2.75) is 25.8 Å². The van der Waals surface area contributed by atoms with E-state index in [2.05, 4.69) is 0 Å². The SMILES string of the molecule is CC(C[C@@H](N)Cc1ccc(O)cc1)C(=O)O. The molecule has 4 nitrogen and oxygen atoms in total. The molecule has 16 heavy (non-hydrogen) atoms. The molecular formula is C12H17NO3. The van der Waals surface area contributed by atoms with Crippen LogP contribution in [0, 0.1) is 5.92 Å². The van der Waals surface area contributed by atoms with Crippen LogP contribution in [-0.4, -0.2) is 22.2 Å². The van der Waals surface area contributed by atoms with Crippen LogP contribution in [0.4, 0.5) is 0 Å². The fraction of sp³-hybridized carbons (Fsp3) is 0.417. The lowest BCUT2D eigenvalue weighted by Gasteiger charge is -2.14. The van der Waals surface area contributed by atoms with Crippen molar-refractivity contribution in [2.24, 2.45) is 11.7 Å². The molecule has 0 fully saturated rings. The minimum Gasteiger partial charge on any atom is -0.508 e. The Kier molecular flexibility index (Phi) is 4.31. The molecule has 0 aromatic heterocycles. The van der Waals surface area contributed by atoms with Gasteiger partial charge in [-0.1, -0.05) is 19.1 Å². The third-order valence-electron chi connectivity index (χ3n) is 2.51. The van der Waals surface area contributed by atoms with E-state index in [1.54, 1.807) is 31.2 Å². The number of aromatic hydroxyl groups is 1. The third-order valence-corrected chi connectivity index (χ3v) is 2.51. The molecule has 1 aromatic carbocycles. The van der Waals surface area contributed by atoms with Gasteiger partial charge in [-0.15, -0.1) is 0 Å². The van der Waals surface area contributed by atoms with Crippen LogP contribution >= 0.6 is 0 Å². The lowest BCUT2D eigenvalue weighted by atomic mass is 9.97. The largest absolute Gasteiger partial charge is 0.508 e. The monoisotopic (exact) mass is 223 g/mol. The Morgan fingerprint density at radius 2 is 1.94 bits per heavy atom. The molecule has 0 bridgehead atoms. The Labute approximate surface area is 94.7 Å². The molecule has 1 aromatic rings. The van der Waals surface area contributed by atoms with Gasteiger partial charge in [0.2, 0.25) is 0 Å². The zero-order valence-corrected chi connectivity index (χ0v) is 9.26. The number of carbonyl (C=O) groups is 1. The van der Waals surface area contributed by atoms with Gasteiger partial charge in [0.15, 0.2) is 0 Å². The van der Waals surface area contributed by atoms with Crippen LogP contribution in [-0.2, 0) is 11.2 Å². The Hall–Kier alpha value is -1.55. The number of rotatable bonds is 5. The van der Waals surface area contributed by atoms with Gasteiger partial charge in [0, 0.05) is 6.04 Å². The van der Waals surface area contributed by atoms with Gasteiger partial charge in [0.05, 0.1) is 5.92 Å². The van der Waals surface area contributed by atoms with Crippen molar-refractivity contribution in [3.05, 3.63) is 29.8 Å². The first-order valence-corrected chi connectivity index (χ1v) is 5.25. The first-order valence-electron chi connectivity index (χ1n) is 5.25. The molecule has 0 amide bonds. The van der Waals surface area contributed by atoms with Crippen molar-refractivity contribution in [3.8, 4) is 5.75 Å². The van der Waals surface area contributed by atoms with Gasteiger partial charge in [0.25, 0.3) is 0 Å². The highest BCUT2D eigenvalue weighted by Crippen LogP contribution is 2.13. The number of benzene rings is 1. The molecule has 0 saturated carbocycles. The normalized spacial score (nSPS) is 14.4. The summed E-state index contributed by atoms with van der Waals surface area (Å²) in [6, 6.07) is 6.61. The maximum Gasteiger partial charge on any atom is 0.306 e. The molecule has 88 valence electrons. The van der Waals surface area contributed by atoms with Crippen molar-refractivity contribution < 1.29 is 15.0 Å². The van der Waals surface area contributed by atoms with Gasteiger partial charge >= 0.3 is 5.97 Å². The standard InChI is InChI=1S/C12H17NO3/c1-8(12(15)16)6-10(13)7-9-2-4-11(14)5-3-9/h2-5,8,10,14H,6-7,13H2,1H3,(H,15,16)/t8?,10-/m1/s1. The van der Waals surface area contributed by atoms with Crippen LogP contribution < -0.4 is 5.73 Å². The maximum atomic E-state index is 10.6. The molecule has 1 rings (SSSR count). The van der Waals surface area contributed by atoms with Crippen LogP contribution in [0.5, 0.6) is 5.75 Å². The minimum atomic E-state index is -0.818. The predicted molar refractivity (Wildman–Crippen MR) is 61.2 cm³/mol. The molecule has 2 atom stereocenters. The van der Waals surface area contributed by atoms with Crippen molar-refractivity contribution in [3.63, 3.8) is 0 Å². The Bertz CT molecular complexity index is 348. The van der Waals surface area contributed by atoms with Gasteiger partial charge in [-0.25, -0.2) is 0 Å². The summed E-state index contributed by atoms with van der Waals surface area (Å²) >= 11 is 0. The van der Waals surface area contributed by atoms with Crippen molar-refractivity contribution in [2.75, 3.05) is 0 Å². The van der Waals surface area contributed by atoms with E-state index in [-0.39, 0.29) is 11.8 Å². The van der Waals surface area contributed by atoms with Gasteiger partial charge in [-0.2, -0.15) is 0 Å². The second-order valence-electron chi connectivity index (χ2n) is 4.11. The summed E-state index contributed by atoms with van der Waals surface area (Å²) in [6.07, 6.45) is 1.08. The number of carboxylic acid groups (broad SMARTS) is 1. The van der Waals surface area contributed by atoms with Crippen molar-refractivity contribution in [1.29, 1.82) is 0 Å². The molecule has 4 heteroatoms. The number of hydrogen-bond donors (Lipinski definition) is 3. The first kappa shape index (κ1) is 12.5. The molecule has 0 aliphatic rings. The molecular weight excluding hydrogens is 206 g/mol.